The van der Waals surface area contributed by atoms with Crippen LogP contribution in [0.1, 0.15) is 54.5 Å². The molecule has 10 heteroatoms. The number of pyridine rings is 2. The van der Waals surface area contributed by atoms with Gasteiger partial charge in [0.25, 0.3) is 5.56 Å². The Morgan fingerprint density at radius 3 is 2.75 bits per heavy atom. The number of cyclic esters (lactones) is 1. The van der Waals surface area contributed by atoms with Gasteiger partial charge in [-0.3, -0.25) is 9.59 Å². The Bertz CT molecular complexity index is 1510. The quantitative estimate of drug-likeness (QED) is 0.361. The molecule has 0 radical (unpaired) electrons. The van der Waals surface area contributed by atoms with Gasteiger partial charge in [-0.1, -0.05) is 6.92 Å². The number of amides is 1. The van der Waals surface area contributed by atoms with Crippen LogP contribution in [0.2, 0.25) is 0 Å². The summed E-state index contributed by atoms with van der Waals surface area (Å²) in [5.74, 6) is -1.61. The van der Waals surface area contributed by atoms with E-state index in [-0.39, 0.29) is 49.6 Å². The zero-order chi connectivity index (χ0) is 25.9. The molecule has 0 bridgehead atoms. The van der Waals surface area contributed by atoms with Crippen molar-refractivity contribution in [3.05, 3.63) is 62.2 Å². The number of rotatable bonds is 5. The van der Waals surface area contributed by atoms with Crippen molar-refractivity contribution in [3.63, 3.8) is 0 Å². The Kier molecular flexibility index (Phi) is 5.68. The summed E-state index contributed by atoms with van der Waals surface area (Å²) in [6.07, 6.45) is -0.864. The maximum absolute atomic E-state index is 14.5. The number of fused-ring (bicyclic) bond motifs is 5. The van der Waals surface area contributed by atoms with Gasteiger partial charge in [-0.25, -0.2) is 14.2 Å². The molecule has 36 heavy (non-hydrogen) atoms. The lowest BCUT2D eigenvalue weighted by Gasteiger charge is -2.31. The van der Waals surface area contributed by atoms with E-state index in [1.54, 1.807) is 26.0 Å². The number of nitrogens with zero attached hydrogens (tertiary/aromatic N) is 2. The minimum absolute atomic E-state index is 0.0186. The average molecular weight is 496 g/mol. The summed E-state index contributed by atoms with van der Waals surface area (Å²) in [6, 6.07) is 4.56. The van der Waals surface area contributed by atoms with Crippen LogP contribution in [-0.4, -0.2) is 37.7 Å². The number of aromatic nitrogens is 2. The smallest absolute Gasteiger partial charge is 0.343 e. The van der Waals surface area contributed by atoms with E-state index in [1.165, 1.54) is 17.6 Å². The molecule has 1 amide bonds. The number of ether oxygens (including phenoxy) is 1. The second-order valence-corrected chi connectivity index (χ2v) is 9.47. The molecule has 3 aromatic rings. The van der Waals surface area contributed by atoms with Crippen LogP contribution in [0.4, 0.5) is 4.39 Å². The predicted octanol–water partition coefficient (Wildman–Crippen LogP) is 1.91. The summed E-state index contributed by atoms with van der Waals surface area (Å²) >= 11 is 0. The highest BCUT2D eigenvalue weighted by atomic mass is 19.1. The van der Waals surface area contributed by atoms with Crippen LogP contribution in [0.5, 0.6) is 0 Å². The molecule has 3 N–H and O–H groups in total. The van der Waals surface area contributed by atoms with Gasteiger partial charge in [-0.2, -0.15) is 0 Å². The monoisotopic (exact) mass is 495 g/mol. The van der Waals surface area contributed by atoms with E-state index >= 15 is 0 Å². The van der Waals surface area contributed by atoms with Gasteiger partial charge in [0.15, 0.2) is 5.60 Å². The Balaban J connectivity index is 1.72. The fraction of sp³-hybridized carbons (Fsp3) is 0.385. The molecule has 2 aliphatic heterocycles. The Morgan fingerprint density at radius 1 is 1.31 bits per heavy atom. The van der Waals surface area contributed by atoms with E-state index in [0.29, 0.717) is 39.0 Å². The summed E-state index contributed by atoms with van der Waals surface area (Å²) in [6.45, 7) is 4.76. The van der Waals surface area contributed by atoms with Crippen LogP contribution in [0.15, 0.2) is 23.0 Å². The molecule has 0 spiro atoms. The molecule has 2 atom stereocenters. The fourth-order valence-corrected chi connectivity index (χ4v) is 5.02. The van der Waals surface area contributed by atoms with Crippen molar-refractivity contribution in [1.29, 1.82) is 0 Å². The molecule has 0 fully saturated rings. The lowest BCUT2D eigenvalue weighted by Crippen LogP contribution is -2.44. The van der Waals surface area contributed by atoms with Gasteiger partial charge in [-0.05, 0) is 43.5 Å². The van der Waals surface area contributed by atoms with Gasteiger partial charge in [0.2, 0.25) is 5.91 Å². The van der Waals surface area contributed by atoms with Crippen molar-refractivity contribution in [3.8, 4) is 11.4 Å². The number of halogens is 1. The number of esters is 1. The van der Waals surface area contributed by atoms with Crippen molar-refractivity contribution in [2.75, 3.05) is 0 Å². The largest absolute Gasteiger partial charge is 0.458 e. The Morgan fingerprint density at radius 2 is 2.06 bits per heavy atom. The van der Waals surface area contributed by atoms with Crippen molar-refractivity contribution in [2.45, 2.75) is 65.0 Å². The predicted molar refractivity (Wildman–Crippen MR) is 127 cm³/mol. The van der Waals surface area contributed by atoms with Crippen LogP contribution in [-0.2, 0) is 39.6 Å². The topological polar surface area (TPSA) is 131 Å². The maximum atomic E-state index is 14.5. The molecule has 9 nitrogen and oxygen atoms in total. The standard InChI is InChI=1S/C26H26FN3O6/c1-4-26(35)18-7-21-23-16(10-30(21)24(33)17(18)11-36-25(26)34)15(9-28-22(32)6-13(3)31)14-5-12(2)19(27)8-20(14)29-23/h5,7-8,13,31,35H,4,6,9-11H2,1-3H3,(H,28,32)/t13-,26-/m0/s1. The molecule has 4 heterocycles. The second kappa shape index (κ2) is 8.49. The lowest BCUT2D eigenvalue weighted by molar-refractivity contribution is -0.172. The van der Waals surface area contributed by atoms with E-state index in [2.05, 4.69) is 10.3 Å². The lowest BCUT2D eigenvalue weighted by atomic mass is 9.86. The molecule has 2 aliphatic rings. The van der Waals surface area contributed by atoms with Crippen LogP contribution < -0.4 is 10.9 Å². The number of aliphatic hydroxyl groups excluding tert-OH is 1. The first-order valence-corrected chi connectivity index (χ1v) is 11.8. The maximum Gasteiger partial charge on any atom is 0.343 e. The first-order valence-electron chi connectivity index (χ1n) is 11.8. The summed E-state index contributed by atoms with van der Waals surface area (Å²) in [5, 5.41) is 24.0. The molecular formula is C26H26FN3O6. The number of aryl methyl sites for hydroxylation is 1. The van der Waals surface area contributed by atoms with Crippen LogP contribution >= 0.6 is 0 Å². The Labute approximate surface area is 205 Å². The molecule has 188 valence electrons. The van der Waals surface area contributed by atoms with Crippen LogP contribution in [0.3, 0.4) is 0 Å². The highest BCUT2D eigenvalue weighted by Crippen LogP contribution is 2.40. The van der Waals surface area contributed by atoms with E-state index in [0.717, 1.165) is 0 Å². The first-order chi connectivity index (χ1) is 17.0. The van der Waals surface area contributed by atoms with Gasteiger partial charge >= 0.3 is 5.97 Å². The first kappa shape index (κ1) is 24.1. The van der Waals surface area contributed by atoms with Crippen LogP contribution in [0.25, 0.3) is 22.3 Å². The van der Waals surface area contributed by atoms with Crippen molar-refractivity contribution < 1.29 is 28.9 Å². The third-order valence-corrected chi connectivity index (χ3v) is 7.03. The SMILES string of the molecule is CC[C@@]1(O)C(=O)OCc2c1cc1n(c2=O)Cc2c-1nc1cc(F)c(C)cc1c2CNC(=O)C[C@H](C)O. The highest BCUT2D eigenvalue weighted by Gasteiger charge is 2.45. The van der Waals surface area contributed by atoms with Gasteiger partial charge in [0.05, 0.1) is 41.5 Å². The van der Waals surface area contributed by atoms with Crippen molar-refractivity contribution >= 4 is 22.8 Å². The van der Waals surface area contributed by atoms with Crippen LogP contribution in [0, 0.1) is 12.7 Å². The van der Waals surface area contributed by atoms with E-state index in [9.17, 15) is 29.0 Å². The number of carbonyl (C=O) groups excluding carboxylic acids is 2. The summed E-state index contributed by atoms with van der Waals surface area (Å²) in [5.41, 5.74) is 0.959. The fourth-order valence-electron chi connectivity index (χ4n) is 5.02. The zero-order valence-corrected chi connectivity index (χ0v) is 20.1. The normalized spacial score (nSPS) is 18.9. The number of hydrogen-bond donors (Lipinski definition) is 3. The van der Waals surface area contributed by atoms with Crippen molar-refractivity contribution in [1.82, 2.24) is 14.9 Å². The highest BCUT2D eigenvalue weighted by molar-refractivity contribution is 5.90. The molecule has 1 aromatic carbocycles. The van der Waals surface area contributed by atoms with E-state index < -0.39 is 29.1 Å². The van der Waals surface area contributed by atoms with Gasteiger partial charge in [0, 0.05) is 29.1 Å². The summed E-state index contributed by atoms with van der Waals surface area (Å²) < 4.78 is 21.1. The zero-order valence-electron chi connectivity index (χ0n) is 20.1. The molecule has 0 unspecified atom stereocenters. The second-order valence-electron chi connectivity index (χ2n) is 9.47. The number of aliphatic hydroxyl groups is 2. The van der Waals surface area contributed by atoms with Gasteiger partial charge in [0.1, 0.15) is 12.4 Å². The Hall–Kier alpha value is -3.63. The third kappa shape index (κ3) is 3.59. The molecule has 5 rings (SSSR count). The van der Waals surface area contributed by atoms with E-state index in [1.807, 2.05) is 0 Å². The number of carbonyl (C=O) groups is 2. The van der Waals surface area contributed by atoms with E-state index in [4.69, 9.17) is 4.74 Å². The molecule has 0 saturated carbocycles. The van der Waals surface area contributed by atoms with Gasteiger partial charge < -0.3 is 24.8 Å². The molecule has 2 aromatic heterocycles. The summed E-state index contributed by atoms with van der Waals surface area (Å²) in [7, 11) is 0. The minimum Gasteiger partial charge on any atom is -0.458 e. The number of benzene rings is 1. The van der Waals surface area contributed by atoms with Gasteiger partial charge in [-0.15, -0.1) is 0 Å². The summed E-state index contributed by atoms with van der Waals surface area (Å²) in [4.78, 5) is 42.8. The van der Waals surface area contributed by atoms with Crippen molar-refractivity contribution in [2.24, 2.45) is 0 Å². The number of hydrogen-bond acceptors (Lipinski definition) is 7. The molecular weight excluding hydrogens is 469 g/mol. The minimum atomic E-state index is -1.96. The average Bonchev–Trinajstić information content (AvgIpc) is 3.19. The molecule has 0 saturated heterocycles. The third-order valence-electron chi connectivity index (χ3n) is 7.03. The molecule has 0 aliphatic carbocycles. The number of nitrogens with one attached hydrogen (secondary N) is 1.